The van der Waals surface area contributed by atoms with Gasteiger partial charge in [0.05, 0.1) is 12.2 Å². The fourth-order valence-corrected chi connectivity index (χ4v) is 5.22. The Morgan fingerprint density at radius 1 is 1.00 bits per heavy atom. The van der Waals surface area contributed by atoms with Crippen LogP contribution in [0.25, 0.3) is 5.69 Å². The van der Waals surface area contributed by atoms with Crippen LogP contribution in [0.3, 0.4) is 0 Å². The first kappa shape index (κ1) is 22.3. The zero-order valence-corrected chi connectivity index (χ0v) is 19.6. The summed E-state index contributed by atoms with van der Waals surface area (Å²) in [4.78, 5) is 12.4. The number of carbonyl (C=O) groups excluding carboxylic acids is 1. The molecule has 0 aliphatic heterocycles. The van der Waals surface area contributed by atoms with E-state index in [-0.39, 0.29) is 5.91 Å². The summed E-state index contributed by atoms with van der Waals surface area (Å²) in [5.74, 6) is 1.48. The topological polar surface area (TPSA) is 56.1 Å². The molecular weight excluding hydrogens is 458 g/mol. The number of aromatic nitrogens is 2. The second-order valence-corrected chi connectivity index (χ2v) is 9.63. The number of ether oxygens (including phenoxy) is 1. The van der Waals surface area contributed by atoms with Gasteiger partial charge in [-0.25, -0.2) is 4.68 Å². The predicted octanol–water partition coefficient (Wildman–Crippen LogP) is 5.76. The van der Waals surface area contributed by atoms with Gasteiger partial charge in [0.1, 0.15) is 12.4 Å². The van der Waals surface area contributed by atoms with Crippen LogP contribution in [0.2, 0.25) is 0 Å². The quantitative estimate of drug-likeness (QED) is 0.188. The number of thioether (sulfide) groups is 1. The van der Waals surface area contributed by atoms with Crippen LogP contribution < -0.4 is 10.1 Å². The number of rotatable bonds is 9. The van der Waals surface area contributed by atoms with Crippen LogP contribution in [-0.2, 0) is 5.75 Å². The molecule has 0 radical (unpaired) electrons. The van der Waals surface area contributed by atoms with E-state index in [1.54, 1.807) is 28.6 Å². The van der Waals surface area contributed by atoms with Gasteiger partial charge < -0.3 is 10.1 Å². The van der Waals surface area contributed by atoms with Gasteiger partial charge >= 0.3 is 0 Å². The van der Waals surface area contributed by atoms with Crippen molar-refractivity contribution in [2.75, 3.05) is 13.2 Å². The maximum atomic E-state index is 12.4. The first-order chi connectivity index (χ1) is 15.7. The molecule has 32 heavy (non-hydrogen) atoms. The summed E-state index contributed by atoms with van der Waals surface area (Å²) in [5, 5.41) is 7.50. The molecule has 4 aromatic rings. The monoisotopic (exact) mass is 479 g/mol. The van der Waals surface area contributed by atoms with Crippen LogP contribution in [0.4, 0.5) is 0 Å². The molecule has 0 aliphatic rings. The van der Waals surface area contributed by atoms with E-state index >= 15 is 0 Å². The molecule has 0 saturated carbocycles. The van der Waals surface area contributed by atoms with Gasteiger partial charge in [0.25, 0.3) is 5.91 Å². The Bertz CT molecular complexity index is 1210. The second-order valence-electron chi connectivity index (χ2n) is 6.78. The van der Waals surface area contributed by atoms with Gasteiger partial charge in [-0.2, -0.15) is 0 Å². The highest BCUT2D eigenvalue weighted by atomic mass is 32.2. The Hall–Kier alpha value is -2.94. The van der Waals surface area contributed by atoms with E-state index in [0.717, 1.165) is 21.5 Å². The minimum absolute atomic E-state index is 0.144. The Morgan fingerprint density at radius 3 is 2.41 bits per heavy atom. The Kier molecular flexibility index (Phi) is 7.71. The third kappa shape index (κ3) is 6.06. The number of benzene rings is 3. The van der Waals surface area contributed by atoms with Gasteiger partial charge in [-0.3, -0.25) is 4.79 Å². The molecule has 4 rings (SSSR count). The summed E-state index contributed by atoms with van der Waals surface area (Å²) in [5.41, 5.74) is 2.66. The molecule has 0 spiro atoms. The van der Waals surface area contributed by atoms with Crippen LogP contribution in [0.1, 0.15) is 15.9 Å². The standard InChI is InChI=1S/C24H21N3O2S3/c28-22(25-15-16-29-21-9-5-2-6-10-21)19-11-13-20(14-12-19)27-24(30)32-23(26-27)31-17-18-7-3-1-4-8-18/h1-14H,15-17H2,(H,25,28). The van der Waals surface area contributed by atoms with Crippen molar-refractivity contribution < 1.29 is 9.53 Å². The van der Waals surface area contributed by atoms with E-state index in [4.69, 9.17) is 17.0 Å². The van der Waals surface area contributed by atoms with E-state index in [9.17, 15) is 4.79 Å². The molecule has 0 saturated heterocycles. The molecule has 1 N–H and O–H groups in total. The highest BCUT2D eigenvalue weighted by Crippen LogP contribution is 2.27. The van der Waals surface area contributed by atoms with E-state index in [1.807, 2.05) is 60.7 Å². The lowest BCUT2D eigenvalue weighted by Gasteiger charge is -2.08. The Morgan fingerprint density at radius 2 is 1.69 bits per heavy atom. The van der Waals surface area contributed by atoms with Crippen molar-refractivity contribution in [2.24, 2.45) is 0 Å². The van der Waals surface area contributed by atoms with Crippen LogP contribution in [0, 0.1) is 3.95 Å². The zero-order valence-electron chi connectivity index (χ0n) is 17.1. The highest BCUT2D eigenvalue weighted by Gasteiger charge is 2.09. The predicted molar refractivity (Wildman–Crippen MR) is 133 cm³/mol. The first-order valence-electron chi connectivity index (χ1n) is 10.0. The molecule has 1 heterocycles. The summed E-state index contributed by atoms with van der Waals surface area (Å²) >= 11 is 8.65. The molecule has 0 bridgehead atoms. The molecule has 0 atom stereocenters. The maximum absolute atomic E-state index is 12.4. The number of nitrogens with one attached hydrogen (secondary N) is 1. The van der Waals surface area contributed by atoms with Gasteiger partial charge in [0.15, 0.2) is 8.29 Å². The van der Waals surface area contributed by atoms with Crippen LogP contribution >= 0.6 is 35.3 Å². The molecule has 1 aromatic heterocycles. The molecular formula is C24H21N3O2S3. The number of amides is 1. The molecule has 5 nitrogen and oxygen atoms in total. The normalized spacial score (nSPS) is 10.6. The van der Waals surface area contributed by atoms with E-state index in [0.29, 0.717) is 22.7 Å². The minimum atomic E-state index is -0.144. The lowest BCUT2D eigenvalue weighted by atomic mass is 10.2. The van der Waals surface area contributed by atoms with Crippen LogP contribution in [0.5, 0.6) is 5.75 Å². The van der Waals surface area contributed by atoms with Crippen molar-refractivity contribution >= 4 is 41.2 Å². The molecule has 1 amide bonds. The molecule has 0 aliphatic carbocycles. The second kappa shape index (κ2) is 11.1. The minimum Gasteiger partial charge on any atom is -0.492 e. The van der Waals surface area contributed by atoms with Gasteiger partial charge in [0.2, 0.25) is 0 Å². The Balaban J connectivity index is 1.31. The van der Waals surface area contributed by atoms with Gasteiger partial charge in [-0.15, -0.1) is 5.10 Å². The fourth-order valence-electron chi connectivity index (χ4n) is 2.91. The van der Waals surface area contributed by atoms with Gasteiger partial charge in [0, 0.05) is 11.3 Å². The number of carbonyl (C=O) groups is 1. The van der Waals surface area contributed by atoms with Crippen LogP contribution in [0.15, 0.2) is 89.3 Å². The number of nitrogens with zero attached hydrogens (tertiary/aromatic N) is 2. The summed E-state index contributed by atoms with van der Waals surface area (Å²) in [6, 6.07) is 27.1. The van der Waals surface area contributed by atoms with E-state index in [2.05, 4.69) is 22.5 Å². The summed E-state index contributed by atoms with van der Waals surface area (Å²) in [6.07, 6.45) is 0. The largest absolute Gasteiger partial charge is 0.492 e. The van der Waals surface area contributed by atoms with E-state index in [1.165, 1.54) is 16.9 Å². The summed E-state index contributed by atoms with van der Waals surface area (Å²) in [6.45, 7) is 0.833. The van der Waals surface area contributed by atoms with Gasteiger partial charge in [-0.05, 0) is 54.2 Å². The average Bonchev–Trinajstić information content (AvgIpc) is 3.22. The van der Waals surface area contributed by atoms with Crippen molar-refractivity contribution in [1.29, 1.82) is 0 Å². The number of para-hydroxylation sites is 1. The number of hydrogen-bond donors (Lipinski definition) is 1. The van der Waals surface area contributed by atoms with Crippen molar-refractivity contribution in [3.63, 3.8) is 0 Å². The van der Waals surface area contributed by atoms with Crippen molar-refractivity contribution in [3.8, 4) is 11.4 Å². The lowest BCUT2D eigenvalue weighted by Crippen LogP contribution is -2.28. The van der Waals surface area contributed by atoms with Crippen molar-refractivity contribution in [2.45, 2.75) is 10.1 Å². The van der Waals surface area contributed by atoms with Crippen molar-refractivity contribution in [3.05, 3.63) is 100 Å². The zero-order chi connectivity index (χ0) is 22.2. The summed E-state index contributed by atoms with van der Waals surface area (Å²) in [7, 11) is 0. The third-order valence-corrected chi connectivity index (χ3v) is 6.94. The molecule has 3 aromatic carbocycles. The smallest absolute Gasteiger partial charge is 0.251 e. The lowest BCUT2D eigenvalue weighted by molar-refractivity contribution is 0.0947. The molecule has 8 heteroatoms. The molecule has 162 valence electrons. The average molecular weight is 480 g/mol. The molecule has 0 fully saturated rings. The third-order valence-electron chi connectivity index (χ3n) is 4.51. The highest BCUT2D eigenvalue weighted by molar-refractivity contribution is 8.00. The van der Waals surface area contributed by atoms with E-state index < -0.39 is 0 Å². The molecule has 0 unspecified atom stereocenters. The van der Waals surface area contributed by atoms with Gasteiger partial charge in [-0.1, -0.05) is 71.6 Å². The van der Waals surface area contributed by atoms with Crippen LogP contribution in [-0.4, -0.2) is 28.8 Å². The maximum Gasteiger partial charge on any atom is 0.251 e. The Labute approximate surface area is 200 Å². The first-order valence-corrected chi connectivity index (χ1v) is 12.2. The fraction of sp³-hybridized carbons (Fsp3) is 0.125. The van der Waals surface area contributed by atoms with Crippen molar-refractivity contribution in [1.82, 2.24) is 15.1 Å². The SMILES string of the molecule is O=C(NCCOc1ccccc1)c1ccc(-n2nc(SCc3ccccc3)sc2=S)cc1. The summed E-state index contributed by atoms with van der Waals surface area (Å²) < 4.78 is 8.93. The number of hydrogen-bond acceptors (Lipinski definition) is 6.